The number of carbonyl (C=O) groups excluding carboxylic acids is 4. The molecule has 8 rings (SSSR count). The number of aldehydes is 1. The first-order valence-electron chi connectivity index (χ1n) is 21.8. The van der Waals surface area contributed by atoms with Gasteiger partial charge in [-0.25, -0.2) is 18.7 Å². The lowest BCUT2D eigenvalue weighted by molar-refractivity contribution is -0.116. The molecule has 0 bridgehead atoms. The molecule has 68 heavy (non-hydrogen) atoms. The fraction of sp³-hybridized carbons (Fsp3) is 0.245. The van der Waals surface area contributed by atoms with Gasteiger partial charge in [-0.05, 0) is 87.6 Å². The summed E-state index contributed by atoms with van der Waals surface area (Å²) in [5, 5.41) is 23.5. The van der Waals surface area contributed by atoms with E-state index in [0.29, 0.717) is 93.6 Å². The highest BCUT2D eigenvalue weighted by atomic mass is 35.5. The second-order valence-electron chi connectivity index (χ2n) is 15.8. The van der Waals surface area contributed by atoms with Crippen LogP contribution in [0.3, 0.4) is 0 Å². The highest BCUT2D eigenvalue weighted by Crippen LogP contribution is 2.35. The maximum Gasteiger partial charge on any atom is 0.255 e. The van der Waals surface area contributed by atoms with E-state index in [1.54, 1.807) is 83.8 Å². The maximum absolute atomic E-state index is 14.9. The predicted molar refractivity (Wildman–Crippen MR) is 256 cm³/mol. The van der Waals surface area contributed by atoms with Crippen molar-refractivity contribution in [2.24, 2.45) is 4.99 Å². The highest BCUT2D eigenvalue weighted by Gasteiger charge is 2.34. The van der Waals surface area contributed by atoms with Gasteiger partial charge in [-0.3, -0.25) is 24.1 Å². The molecule has 1 unspecified atom stereocenters. The predicted octanol–water partition coefficient (Wildman–Crippen LogP) is 6.63. The number of benzene rings is 4. The molecular weight excluding hydrogens is 894 g/mol. The molecule has 4 heterocycles. The van der Waals surface area contributed by atoms with Gasteiger partial charge < -0.3 is 36.3 Å². The van der Waals surface area contributed by atoms with Gasteiger partial charge >= 0.3 is 0 Å². The van der Waals surface area contributed by atoms with Crippen molar-refractivity contribution in [3.8, 4) is 11.3 Å². The van der Waals surface area contributed by atoms with Crippen molar-refractivity contribution in [2.45, 2.75) is 51.5 Å². The SMILES string of the molecule is C=CCCC(C=O)N1Cc2c(NC(=O)CCNCCn3cc(CNC(=O)c4ccc(Nc5ncc6c(n5)-c5ccc(Cl)cc5C(c5c(F)cccc5F)=NC6)cc4)nn3)cccc2C1=O.CNC. The van der Waals surface area contributed by atoms with Crippen molar-refractivity contribution in [3.63, 3.8) is 0 Å². The van der Waals surface area contributed by atoms with Gasteiger partial charge in [0.25, 0.3) is 11.8 Å². The molecule has 5 N–H and O–H groups in total. The van der Waals surface area contributed by atoms with Crippen LogP contribution >= 0.6 is 11.6 Å². The second-order valence-corrected chi connectivity index (χ2v) is 16.2. The van der Waals surface area contributed by atoms with Gasteiger partial charge in [0.15, 0.2) is 0 Å². The number of allylic oxidation sites excluding steroid dienone is 1. The van der Waals surface area contributed by atoms with Crippen molar-refractivity contribution in [3.05, 3.63) is 160 Å². The third kappa shape index (κ3) is 11.5. The molecule has 3 amide bonds. The quantitative estimate of drug-likeness (QED) is 0.0352. The number of aliphatic imine (C=N–C) groups is 1. The number of aromatic nitrogens is 5. The molecule has 0 fully saturated rings. The van der Waals surface area contributed by atoms with Gasteiger partial charge in [0.2, 0.25) is 11.9 Å². The molecule has 6 aromatic rings. The summed E-state index contributed by atoms with van der Waals surface area (Å²) in [6.07, 6.45) is 7.12. The zero-order chi connectivity index (χ0) is 48.2. The Morgan fingerprint density at radius 3 is 2.49 bits per heavy atom. The average molecular weight is 943 g/mol. The molecule has 0 saturated heterocycles. The van der Waals surface area contributed by atoms with Crippen molar-refractivity contribution in [1.82, 2.24) is 45.8 Å². The monoisotopic (exact) mass is 942 g/mol. The number of nitrogens with one attached hydrogen (secondary N) is 5. The molecule has 4 aromatic carbocycles. The van der Waals surface area contributed by atoms with E-state index >= 15 is 0 Å². The number of hydrogen-bond donors (Lipinski definition) is 5. The number of rotatable bonds is 18. The van der Waals surface area contributed by atoms with Gasteiger partial charge in [-0.1, -0.05) is 41.1 Å². The first-order valence-corrected chi connectivity index (χ1v) is 22.2. The third-order valence-electron chi connectivity index (χ3n) is 10.9. The number of anilines is 3. The maximum atomic E-state index is 14.9. The lowest BCUT2D eigenvalue weighted by Gasteiger charge is -2.22. The standard InChI is InChI=1S/C47H42ClF2N11O4.C2H7N/c1-2-3-6-33(27-62)61-26-37-35(46(61)65)7-4-10-40(37)56-41(63)17-18-51-19-20-60-25-32(58-59-60)24-53-45(64)28-11-14-31(15-12-28)55-47-54-23-29-22-52-44(42-38(49)8-5-9-39(42)50)36-21-30(48)13-16-34(36)43(29)57-47;1-3-2/h2,4-5,7-16,21,23,25,27,33,51H,1,3,6,17-20,22,24,26H2,(H,53,64)(H,56,63)(H,54,55,57);3H,1-2H3. The van der Waals surface area contributed by atoms with E-state index in [0.717, 1.165) is 6.29 Å². The molecule has 19 heteroatoms. The molecule has 0 radical (unpaired) electrons. The Morgan fingerprint density at radius 2 is 1.74 bits per heavy atom. The topological polar surface area (TPSA) is 201 Å². The van der Waals surface area contributed by atoms with Crippen LogP contribution in [0.15, 0.2) is 109 Å². The van der Waals surface area contributed by atoms with Crippen LogP contribution in [0.4, 0.5) is 26.1 Å². The molecule has 0 aliphatic carbocycles. The molecule has 2 aromatic heterocycles. The van der Waals surface area contributed by atoms with Crippen molar-refractivity contribution >= 4 is 58.6 Å². The highest BCUT2D eigenvalue weighted by molar-refractivity contribution is 6.31. The van der Waals surface area contributed by atoms with Gasteiger partial charge in [-0.15, -0.1) is 11.7 Å². The van der Waals surface area contributed by atoms with Crippen LogP contribution in [0.25, 0.3) is 11.3 Å². The summed E-state index contributed by atoms with van der Waals surface area (Å²) in [6, 6.07) is 20.0. The van der Waals surface area contributed by atoms with Crippen LogP contribution in [-0.2, 0) is 35.8 Å². The molecule has 2 aliphatic heterocycles. The minimum absolute atomic E-state index is 0.0814. The first-order chi connectivity index (χ1) is 33.0. The minimum Gasteiger partial charge on any atom is -0.346 e. The Balaban J connectivity index is 0.00000222. The van der Waals surface area contributed by atoms with Crippen molar-refractivity contribution in [1.29, 1.82) is 0 Å². The Hall–Kier alpha value is -7.54. The van der Waals surface area contributed by atoms with E-state index in [1.807, 2.05) is 14.1 Å². The normalized spacial score (nSPS) is 12.9. The summed E-state index contributed by atoms with van der Waals surface area (Å²) in [6.45, 7) is 5.55. The van der Waals surface area contributed by atoms with Crippen molar-refractivity contribution < 1.29 is 28.0 Å². The fourth-order valence-electron chi connectivity index (χ4n) is 7.62. The Morgan fingerprint density at radius 1 is 0.971 bits per heavy atom. The largest absolute Gasteiger partial charge is 0.346 e. The summed E-state index contributed by atoms with van der Waals surface area (Å²) in [5.74, 6) is -1.99. The van der Waals surface area contributed by atoms with Crippen LogP contribution in [-0.4, -0.2) is 92.8 Å². The van der Waals surface area contributed by atoms with Gasteiger partial charge in [-0.2, -0.15) is 0 Å². The molecular formula is C49H49ClF2N12O4. The Bertz CT molecular complexity index is 2840. The van der Waals surface area contributed by atoms with E-state index < -0.39 is 17.7 Å². The zero-order valence-electron chi connectivity index (χ0n) is 37.4. The van der Waals surface area contributed by atoms with Gasteiger partial charge in [0.05, 0.1) is 48.8 Å². The molecule has 16 nitrogen and oxygen atoms in total. The number of amides is 3. The van der Waals surface area contributed by atoms with Gasteiger partial charge in [0.1, 0.15) is 23.6 Å². The Kier molecular flexibility index (Phi) is 16.2. The Labute approximate surface area is 396 Å². The molecule has 1 atom stereocenters. The fourth-order valence-corrected chi connectivity index (χ4v) is 7.79. The zero-order valence-corrected chi connectivity index (χ0v) is 38.1. The van der Waals surface area contributed by atoms with Crippen LogP contribution in [0.2, 0.25) is 5.02 Å². The van der Waals surface area contributed by atoms with E-state index in [4.69, 9.17) is 16.6 Å². The first kappa shape index (κ1) is 48.4. The van der Waals surface area contributed by atoms with Crippen LogP contribution in [0.5, 0.6) is 0 Å². The number of hydrogen-bond acceptors (Lipinski definition) is 12. The van der Waals surface area contributed by atoms with E-state index in [9.17, 15) is 28.0 Å². The third-order valence-corrected chi connectivity index (χ3v) is 11.2. The summed E-state index contributed by atoms with van der Waals surface area (Å²) in [5.41, 5.74) is 5.39. The molecule has 0 spiro atoms. The molecule has 0 saturated carbocycles. The summed E-state index contributed by atoms with van der Waals surface area (Å²) in [7, 11) is 3.75. The van der Waals surface area contributed by atoms with Crippen LogP contribution in [0, 0.1) is 11.6 Å². The second kappa shape index (κ2) is 22.8. The van der Waals surface area contributed by atoms with E-state index in [-0.39, 0.29) is 61.0 Å². The van der Waals surface area contributed by atoms with Crippen LogP contribution < -0.4 is 26.6 Å². The lowest BCUT2D eigenvalue weighted by atomic mass is 9.95. The average Bonchev–Trinajstić information content (AvgIpc) is 3.89. The smallest absolute Gasteiger partial charge is 0.255 e. The lowest BCUT2D eigenvalue weighted by Crippen LogP contribution is -2.36. The summed E-state index contributed by atoms with van der Waals surface area (Å²) in [4.78, 5) is 65.9. The number of nitrogens with zero attached hydrogens (tertiary/aromatic N) is 7. The van der Waals surface area contributed by atoms with E-state index in [1.165, 1.54) is 23.1 Å². The molecule has 350 valence electrons. The van der Waals surface area contributed by atoms with E-state index in [2.05, 4.69) is 53.5 Å². The van der Waals surface area contributed by atoms with Gasteiger partial charge in [0, 0.05) is 82.0 Å². The molecule has 2 aliphatic rings. The summed E-state index contributed by atoms with van der Waals surface area (Å²) < 4.78 is 31.5. The number of halogens is 3. The number of carbonyl (C=O) groups is 4. The minimum atomic E-state index is -0.744. The summed E-state index contributed by atoms with van der Waals surface area (Å²) >= 11 is 6.35. The number of fused-ring (bicyclic) bond motifs is 4. The van der Waals surface area contributed by atoms with Crippen LogP contribution in [0.1, 0.15) is 67.9 Å². The van der Waals surface area contributed by atoms with Crippen molar-refractivity contribution in [2.75, 3.05) is 37.8 Å².